The Morgan fingerprint density at radius 2 is 1.65 bits per heavy atom. The van der Waals surface area contributed by atoms with Gasteiger partial charge >= 0.3 is 5.97 Å². The number of aliphatic carboxylic acids is 1. The Bertz CT molecular complexity index is 1580. The number of rotatable bonds is 12. The van der Waals surface area contributed by atoms with Crippen molar-refractivity contribution in [2.75, 3.05) is 6.54 Å². The van der Waals surface area contributed by atoms with Gasteiger partial charge in [-0.15, -0.1) is 11.3 Å². The standard InChI is InChI=1S/C39H50N4O4S/c1-5-25-6-10-27(11-7-25)28-14-16-29(17-15-28)31-23-41-36(42-24-31)30-12-8-26(9-13-30)22-32(37(46)40-21-20-35(44)45)43-38(47)33-18-19-34(48-33)39(2,3)4/h8-9,12-13,16,18-19,23-25,27-28,32H,5-7,10-11,14-15,17,20-22H2,1-4H3,(H,40,46)(H,43,47)(H,44,45). The second-order valence-corrected chi connectivity index (χ2v) is 15.6. The number of carbonyl (C=O) groups excluding carboxylic acids is 2. The van der Waals surface area contributed by atoms with E-state index in [1.807, 2.05) is 42.7 Å². The molecule has 2 aliphatic rings. The first-order valence-corrected chi connectivity index (χ1v) is 18.3. The Morgan fingerprint density at radius 1 is 0.938 bits per heavy atom. The second-order valence-electron chi connectivity index (χ2n) is 14.5. The molecular weight excluding hydrogens is 621 g/mol. The second kappa shape index (κ2) is 16.0. The molecule has 8 nitrogen and oxygen atoms in total. The summed E-state index contributed by atoms with van der Waals surface area (Å²) in [6.45, 7) is 8.57. The highest BCUT2D eigenvalue weighted by molar-refractivity contribution is 7.14. The van der Waals surface area contributed by atoms with Crippen molar-refractivity contribution in [3.05, 3.63) is 75.7 Å². The number of thiophene rings is 1. The summed E-state index contributed by atoms with van der Waals surface area (Å²) in [5.41, 5.74) is 4.07. The lowest BCUT2D eigenvalue weighted by Crippen LogP contribution is -2.48. The Kier molecular flexibility index (Phi) is 11.8. The van der Waals surface area contributed by atoms with Crippen LogP contribution >= 0.6 is 11.3 Å². The number of hydrogen-bond donors (Lipinski definition) is 3. The van der Waals surface area contributed by atoms with Crippen LogP contribution in [-0.2, 0) is 21.4 Å². The molecule has 0 saturated heterocycles. The molecule has 0 radical (unpaired) electrons. The topological polar surface area (TPSA) is 121 Å². The number of benzene rings is 1. The van der Waals surface area contributed by atoms with Gasteiger partial charge in [-0.2, -0.15) is 0 Å². The van der Waals surface area contributed by atoms with Gasteiger partial charge in [0.15, 0.2) is 5.82 Å². The minimum absolute atomic E-state index is 0.0165. The number of carboxylic acid groups (broad SMARTS) is 1. The first-order chi connectivity index (χ1) is 23.0. The van der Waals surface area contributed by atoms with E-state index in [1.165, 1.54) is 55.4 Å². The maximum atomic E-state index is 13.2. The molecule has 3 N–H and O–H groups in total. The zero-order chi connectivity index (χ0) is 34.3. The maximum absolute atomic E-state index is 13.2. The van der Waals surface area contributed by atoms with Gasteiger partial charge in [-0.25, -0.2) is 9.97 Å². The summed E-state index contributed by atoms with van der Waals surface area (Å²) in [6.07, 6.45) is 16.7. The van der Waals surface area contributed by atoms with Gasteiger partial charge in [0, 0.05) is 41.4 Å². The lowest BCUT2D eigenvalue weighted by Gasteiger charge is -2.35. The average Bonchev–Trinajstić information content (AvgIpc) is 3.60. The summed E-state index contributed by atoms with van der Waals surface area (Å²) in [6, 6.07) is 10.5. The van der Waals surface area contributed by atoms with Crippen LogP contribution in [0, 0.1) is 17.8 Å². The first kappa shape index (κ1) is 35.5. The van der Waals surface area contributed by atoms with Crippen LogP contribution in [-0.4, -0.2) is 45.4 Å². The molecule has 2 heterocycles. The van der Waals surface area contributed by atoms with Gasteiger partial charge in [-0.1, -0.05) is 77.3 Å². The molecule has 2 amide bonds. The van der Waals surface area contributed by atoms with E-state index in [-0.39, 0.29) is 30.7 Å². The fourth-order valence-corrected chi connectivity index (χ4v) is 7.97. The van der Waals surface area contributed by atoms with Crippen molar-refractivity contribution in [1.29, 1.82) is 0 Å². The van der Waals surface area contributed by atoms with Crippen LogP contribution in [0.4, 0.5) is 0 Å². The molecule has 0 aliphatic heterocycles. The van der Waals surface area contributed by atoms with E-state index >= 15 is 0 Å². The molecule has 2 atom stereocenters. The highest BCUT2D eigenvalue weighted by Gasteiger charge is 2.29. The number of aromatic nitrogens is 2. The summed E-state index contributed by atoms with van der Waals surface area (Å²) in [5.74, 6) is 1.51. The molecule has 1 fully saturated rings. The molecule has 2 aliphatic carbocycles. The predicted molar refractivity (Wildman–Crippen MR) is 192 cm³/mol. The molecule has 1 saturated carbocycles. The van der Waals surface area contributed by atoms with Gasteiger partial charge < -0.3 is 15.7 Å². The van der Waals surface area contributed by atoms with Crippen LogP contribution in [0.3, 0.4) is 0 Å². The van der Waals surface area contributed by atoms with Crippen LogP contribution < -0.4 is 10.6 Å². The van der Waals surface area contributed by atoms with Crippen molar-refractivity contribution in [1.82, 2.24) is 20.6 Å². The van der Waals surface area contributed by atoms with Crippen molar-refractivity contribution >= 4 is 34.7 Å². The summed E-state index contributed by atoms with van der Waals surface area (Å²) in [5, 5.41) is 14.5. The molecule has 5 rings (SSSR count). The van der Waals surface area contributed by atoms with Crippen LogP contribution in [0.1, 0.15) is 111 Å². The Labute approximate surface area is 288 Å². The average molecular weight is 671 g/mol. The van der Waals surface area contributed by atoms with Crippen molar-refractivity contribution in [3.8, 4) is 11.4 Å². The summed E-state index contributed by atoms with van der Waals surface area (Å²) >= 11 is 1.41. The minimum Gasteiger partial charge on any atom is -0.481 e. The Hall–Kier alpha value is -3.85. The molecular formula is C39H50N4O4S. The minimum atomic E-state index is -1.00. The lowest BCUT2D eigenvalue weighted by atomic mass is 9.71. The van der Waals surface area contributed by atoms with E-state index in [2.05, 4.69) is 54.4 Å². The smallest absolute Gasteiger partial charge is 0.305 e. The van der Waals surface area contributed by atoms with Gasteiger partial charge in [-0.3, -0.25) is 14.4 Å². The number of nitrogens with one attached hydrogen (secondary N) is 2. The zero-order valence-electron chi connectivity index (χ0n) is 28.8. The molecule has 1 aromatic carbocycles. The van der Waals surface area contributed by atoms with Crippen LogP contribution in [0.15, 0.2) is 54.9 Å². The lowest BCUT2D eigenvalue weighted by molar-refractivity contribution is -0.137. The Balaban J connectivity index is 1.21. The number of allylic oxidation sites excluding steroid dienone is 2. The SMILES string of the molecule is CCC1CCC(C2CC=C(c3cnc(-c4ccc(CC(NC(=O)c5ccc(C(C)(C)C)s5)C(=O)NCCC(=O)O)cc4)nc3)CC2)CC1. The highest BCUT2D eigenvalue weighted by atomic mass is 32.1. The third kappa shape index (κ3) is 9.40. The molecule has 3 aromatic rings. The predicted octanol–water partition coefficient (Wildman–Crippen LogP) is 7.83. The monoisotopic (exact) mass is 670 g/mol. The summed E-state index contributed by atoms with van der Waals surface area (Å²) < 4.78 is 0. The largest absolute Gasteiger partial charge is 0.481 e. The van der Waals surface area contributed by atoms with Crippen LogP contribution in [0.5, 0.6) is 0 Å². The molecule has 0 bridgehead atoms. The molecule has 256 valence electrons. The summed E-state index contributed by atoms with van der Waals surface area (Å²) in [7, 11) is 0. The van der Waals surface area contributed by atoms with E-state index in [1.54, 1.807) is 6.07 Å². The van der Waals surface area contributed by atoms with E-state index < -0.39 is 17.9 Å². The van der Waals surface area contributed by atoms with Gasteiger partial charge in [0.2, 0.25) is 5.91 Å². The van der Waals surface area contributed by atoms with Crippen LogP contribution in [0.2, 0.25) is 0 Å². The van der Waals surface area contributed by atoms with E-state index in [9.17, 15) is 14.4 Å². The van der Waals surface area contributed by atoms with Crippen molar-refractivity contribution in [3.63, 3.8) is 0 Å². The first-order valence-electron chi connectivity index (χ1n) is 17.5. The number of carbonyl (C=O) groups is 3. The molecule has 9 heteroatoms. The van der Waals surface area contributed by atoms with Crippen molar-refractivity contribution in [2.45, 2.75) is 103 Å². The molecule has 2 unspecified atom stereocenters. The van der Waals surface area contributed by atoms with Gasteiger partial charge in [0.05, 0.1) is 11.3 Å². The maximum Gasteiger partial charge on any atom is 0.305 e. The third-order valence-electron chi connectivity index (χ3n) is 10.1. The zero-order valence-corrected chi connectivity index (χ0v) is 29.6. The third-order valence-corrected chi connectivity index (χ3v) is 11.6. The van der Waals surface area contributed by atoms with E-state index in [0.29, 0.717) is 10.7 Å². The molecule has 48 heavy (non-hydrogen) atoms. The number of hydrogen-bond acceptors (Lipinski definition) is 6. The number of carboxylic acids is 1. The fraction of sp³-hybridized carbons (Fsp3) is 0.513. The van der Waals surface area contributed by atoms with Gasteiger partial charge in [-0.05, 0) is 78.5 Å². The quantitative estimate of drug-likeness (QED) is 0.181. The number of nitrogens with zero attached hydrogens (tertiary/aromatic N) is 2. The molecule has 0 spiro atoms. The van der Waals surface area contributed by atoms with Crippen molar-refractivity contribution in [2.24, 2.45) is 17.8 Å². The van der Waals surface area contributed by atoms with E-state index in [0.717, 1.165) is 52.2 Å². The Morgan fingerprint density at radius 3 is 2.23 bits per heavy atom. The fourth-order valence-electron chi connectivity index (χ4n) is 7.00. The highest BCUT2D eigenvalue weighted by Crippen LogP contribution is 2.41. The molecule has 2 aromatic heterocycles. The number of amides is 2. The summed E-state index contributed by atoms with van der Waals surface area (Å²) in [4.78, 5) is 48.2. The normalized spacial score (nSPS) is 20.4. The van der Waals surface area contributed by atoms with Crippen LogP contribution in [0.25, 0.3) is 17.0 Å². The van der Waals surface area contributed by atoms with E-state index in [4.69, 9.17) is 5.11 Å². The van der Waals surface area contributed by atoms with Gasteiger partial charge in [0.25, 0.3) is 5.91 Å². The van der Waals surface area contributed by atoms with Gasteiger partial charge in [0.1, 0.15) is 6.04 Å². The van der Waals surface area contributed by atoms with Crippen molar-refractivity contribution < 1.29 is 19.5 Å².